The lowest BCUT2D eigenvalue weighted by Crippen LogP contribution is -2.38. The third-order valence-corrected chi connectivity index (χ3v) is 4.35. The van der Waals surface area contributed by atoms with Crippen LogP contribution in [-0.4, -0.2) is 63.2 Å². The molecule has 1 fully saturated rings. The van der Waals surface area contributed by atoms with Crippen LogP contribution in [0.2, 0.25) is 19.6 Å². The fourth-order valence-corrected chi connectivity index (χ4v) is 3.02. The molecule has 1 heterocycles. The van der Waals surface area contributed by atoms with Crippen molar-refractivity contribution in [2.75, 3.05) is 20.8 Å². The molecule has 1 aliphatic heterocycles. The summed E-state index contributed by atoms with van der Waals surface area (Å²) in [5.74, 6) is -0.205. The summed E-state index contributed by atoms with van der Waals surface area (Å²) in [4.78, 5) is 13.5. The van der Waals surface area contributed by atoms with Gasteiger partial charge in [0.2, 0.25) is 0 Å². The molecule has 0 aromatic heterocycles. The number of aliphatic hydroxyl groups excluding tert-OH is 1. The van der Waals surface area contributed by atoms with Gasteiger partial charge in [0, 0.05) is 20.8 Å². The highest BCUT2D eigenvalue weighted by molar-refractivity contribution is 6.80. The van der Waals surface area contributed by atoms with Gasteiger partial charge < -0.3 is 19.5 Å². The van der Waals surface area contributed by atoms with Gasteiger partial charge in [-0.25, -0.2) is 0 Å². The molecule has 1 aliphatic rings. The quantitative estimate of drug-likeness (QED) is 0.741. The molecule has 0 radical (unpaired) electrons. The molecule has 0 aromatic rings. The highest BCUT2D eigenvalue weighted by Crippen LogP contribution is 2.23. The van der Waals surface area contributed by atoms with Crippen molar-refractivity contribution in [2.45, 2.75) is 44.5 Å². The minimum Gasteiger partial charge on any atom is -0.373 e. The van der Waals surface area contributed by atoms with Crippen LogP contribution in [0.1, 0.15) is 6.42 Å². The van der Waals surface area contributed by atoms with E-state index < -0.39 is 26.5 Å². The van der Waals surface area contributed by atoms with Crippen molar-refractivity contribution in [3.63, 3.8) is 0 Å². The van der Waals surface area contributed by atoms with E-state index in [2.05, 4.69) is 31.4 Å². The Morgan fingerprint density at radius 2 is 1.95 bits per heavy atom. The zero-order valence-corrected chi connectivity index (χ0v) is 13.4. The van der Waals surface area contributed by atoms with Gasteiger partial charge in [-0.3, -0.25) is 4.79 Å². The minimum atomic E-state index is -1.20. The highest BCUT2D eigenvalue weighted by Gasteiger charge is 2.47. The average molecular weight is 287 g/mol. The summed E-state index contributed by atoms with van der Waals surface area (Å²) in [6, 6.07) is 0. The number of nitrogens with zero attached hydrogens (tertiary/aromatic N) is 1. The molecule has 3 atom stereocenters. The molecule has 110 valence electrons. The second-order valence-corrected chi connectivity index (χ2v) is 10.9. The van der Waals surface area contributed by atoms with Crippen LogP contribution in [0.4, 0.5) is 0 Å². The van der Waals surface area contributed by atoms with Crippen LogP contribution < -0.4 is 0 Å². The largest absolute Gasteiger partial charge is 0.373 e. The number of hydrogen-bond acceptors (Lipinski definition) is 4. The van der Waals surface area contributed by atoms with E-state index >= 15 is 0 Å². The molecule has 1 rings (SSSR count). The van der Waals surface area contributed by atoms with Gasteiger partial charge in [0.1, 0.15) is 6.10 Å². The fraction of sp³-hybridized carbons (Fsp3) is 0.769. The summed E-state index contributed by atoms with van der Waals surface area (Å²) in [5.41, 5.74) is 2.24. The van der Waals surface area contributed by atoms with Crippen molar-refractivity contribution in [2.24, 2.45) is 0 Å². The van der Waals surface area contributed by atoms with Gasteiger partial charge in [0.05, 0.1) is 8.07 Å². The van der Waals surface area contributed by atoms with E-state index in [1.165, 1.54) is 19.1 Å². The van der Waals surface area contributed by atoms with Gasteiger partial charge in [0.15, 0.2) is 12.3 Å². The Balaban J connectivity index is 2.59. The second kappa shape index (κ2) is 6.65. The number of hydrogen-bond donors (Lipinski definition) is 1. The van der Waals surface area contributed by atoms with Gasteiger partial charge >= 0.3 is 0 Å². The van der Waals surface area contributed by atoms with Crippen LogP contribution in [0.25, 0.3) is 0 Å². The Hall–Kier alpha value is -0.693. The maximum atomic E-state index is 12.1. The first kappa shape index (κ1) is 16.4. The van der Waals surface area contributed by atoms with Gasteiger partial charge in [-0.1, -0.05) is 31.4 Å². The lowest BCUT2D eigenvalue weighted by Gasteiger charge is -2.21. The van der Waals surface area contributed by atoms with Crippen molar-refractivity contribution < 1.29 is 19.4 Å². The zero-order chi connectivity index (χ0) is 14.6. The van der Waals surface area contributed by atoms with E-state index in [1.54, 1.807) is 0 Å². The Morgan fingerprint density at radius 1 is 1.32 bits per heavy atom. The molecule has 0 aromatic carbocycles. The van der Waals surface area contributed by atoms with Crippen LogP contribution in [0.15, 0.2) is 11.8 Å². The normalized spacial score (nSPS) is 28.6. The van der Waals surface area contributed by atoms with Gasteiger partial charge in [0.25, 0.3) is 5.91 Å². The Kier molecular flexibility index (Phi) is 5.73. The summed E-state index contributed by atoms with van der Waals surface area (Å²) in [5, 5.41) is 10.1. The molecule has 1 N–H and O–H groups in total. The molecule has 1 amide bonds. The molecule has 19 heavy (non-hydrogen) atoms. The number of likely N-dealkylation sites (tertiary alicyclic amines) is 1. The molecular formula is C13H25NO4Si. The monoisotopic (exact) mass is 287 g/mol. The van der Waals surface area contributed by atoms with Crippen LogP contribution >= 0.6 is 0 Å². The number of carbonyl (C=O) groups excluding carboxylic acids is 1. The highest BCUT2D eigenvalue weighted by atomic mass is 28.3. The predicted molar refractivity (Wildman–Crippen MR) is 76.4 cm³/mol. The first-order valence-electron chi connectivity index (χ1n) is 6.53. The zero-order valence-electron chi connectivity index (χ0n) is 12.4. The maximum absolute atomic E-state index is 12.1. The van der Waals surface area contributed by atoms with Crippen LogP contribution in [0.3, 0.4) is 0 Å². The third-order valence-electron chi connectivity index (χ3n) is 3.12. The van der Waals surface area contributed by atoms with Crippen molar-refractivity contribution in [3.8, 4) is 0 Å². The maximum Gasteiger partial charge on any atom is 0.256 e. The summed E-state index contributed by atoms with van der Waals surface area (Å²) in [6.07, 6.45) is 0.579. The van der Waals surface area contributed by atoms with Crippen molar-refractivity contribution in [3.05, 3.63) is 11.8 Å². The average Bonchev–Trinajstić information content (AvgIpc) is 2.55. The van der Waals surface area contributed by atoms with Crippen molar-refractivity contribution in [1.82, 2.24) is 4.90 Å². The van der Waals surface area contributed by atoms with Crippen LogP contribution in [0.5, 0.6) is 0 Å². The van der Waals surface area contributed by atoms with E-state index in [4.69, 9.17) is 9.47 Å². The molecular weight excluding hydrogens is 262 g/mol. The summed E-state index contributed by atoms with van der Waals surface area (Å²) in [6.45, 7) is 7.24. The molecule has 0 saturated carbocycles. The van der Waals surface area contributed by atoms with E-state index in [-0.39, 0.29) is 5.91 Å². The number of carbonyl (C=O) groups is 1. The summed E-state index contributed by atoms with van der Waals surface area (Å²) in [7, 11) is 1.72. The Bertz CT molecular complexity index is 340. The molecule has 1 unspecified atom stereocenters. The number of amides is 1. The third kappa shape index (κ3) is 4.14. The second-order valence-electron chi connectivity index (χ2n) is 5.86. The van der Waals surface area contributed by atoms with E-state index in [0.29, 0.717) is 6.54 Å². The smallest absolute Gasteiger partial charge is 0.256 e. The molecule has 0 bridgehead atoms. The van der Waals surface area contributed by atoms with Crippen molar-refractivity contribution in [1.29, 1.82) is 0 Å². The van der Waals surface area contributed by atoms with E-state index in [1.807, 2.05) is 0 Å². The summed E-state index contributed by atoms with van der Waals surface area (Å²) < 4.78 is 10.2. The number of methoxy groups -OCH3 is 2. The lowest BCUT2D eigenvalue weighted by molar-refractivity contribution is -0.139. The number of rotatable bonds is 6. The summed E-state index contributed by atoms with van der Waals surface area (Å²) >= 11 is 0. The Labute approximate surface area is 116 Å². The lowest BCUT2D eigenvalue weighted by atomic mass is 10.2. The predicted octanol–water partition coefficient (Wildman–Crippen LogP) is 1.00. The van der Waals surface area contributed by atoms with Crippen molar-refractivity contribution >= 4 is 14.0 Å². The van der Waals surface area contributed by atoms with Gasteiger partial charge in [-0.2, -0.15) is 0 Å². The van der Waals surface area contributed by atoms with Crippen LogP contribution in [-0.2, 0) is 14.3 Å². The molecule has 0 aliphatic carbocycles. The SMILES string of the molecule is CO[C@H]1C(=O)N(CC/C=C\[Si](C)(C)C)C(O)[C@@H]1OC. The van der Waals surface area contributed by atoms with Gasteiger partial charge in [-0.05, 0) is 6.42 Å². The Morgan fingerprint density at radius 3 is 2.37 bits per heavy atom. The number of aliphatic hydroxyl groups is 1. The van der Waals surface area contributed by atoms with E-state index in [0.717, 1.165) is 6.42 Å². The molecule has 6 heteroatoms. The fourth-order valence-electron chi connectivity index (χ4n) is 2.14. The number of ether oxygens (including phenoxy) is 2. The minimum absolute atomic E-state index is 0.205. The molecule has 0 spiro atoms. The standard InChI is InChI=1S/C13H25NO4Si/c1-17-10-11(18-2)13(16)14(12(10)15)8-6-7-9-19(3,4)5/h7,9-12,15H,6,8H2,1-5H3/b9-7-/t10-,11-,12?/m1/s1. The molecule has 5 nitrogen and oxygen atoms in total. The van der Waals surface area contributed by atoms with E-state index in [9.17, 15) is 9.90 Å². The first-order chi connectivity index (χ1) is 8.81. The van der Waals surface area contributed by atoms with Gasteiger partial charge in [-0.15, -0.1) is 0 Å². The topological polar surface area (TPSA) is 59.0 Å². The molecule has 1 saturated heterocycles. The van der Waals surface area contributed by atoms with Crippen LogP contribution in [0, 0.1) is 0 Å². The first-order valence-corrected chi connectivity index (χ1v) is 10.1.